The van der Waals surface area contributed by atoms with Gasteiger partial charge < -0.3 is 10.2 Å². The summed E-state index contributed by atoms with van der Waals surface area (Å²) >= 11 is 0. The number of nitrogens with one attached hydrogen (secondary N) is 1. The second-order valence-corrected chi connectivity index (χ2v) is 7.02. The number of carbonyl (C=O) groups is 2. The van der Waals surface area contributed by atoms with Gasteiger partial charge in [-0.05, 0) is 48.8 Å². The summed E-state index contributed by atoms with van der Waals surface area (Å²) in [4.78, 5) is 25.6. The fourth-order valence-electron chi connectivity index (χ4n) is 4.09. The Hall–Kier alpha value is -1.84. The number of piperidine rings is 1. The van der Waals surface area contributed by atoms with Gasteiger partial charge in [-0.25, -0.2) is 0 Å². The standard InChI is InChI=1S/C18H22N2O2/c21-16-12-18(19-16)6-8-20(9-7-18)17(22)11-13-4-5-14-2-1-3-15(14)10-13/h4-5,10H,1-3,6-9,11-12H2,(H,19,21). The minimum atomic E-state index is 0.00142. The van der Waals surface area contributed by atoms with E-state index in [9.17, 15) is 9.59 Å². The predicted octanol–water partition coefficient (Wildman–Crippen LogP) is 1.60. The van der Waals surface area contributed by atoms with Gasteiger partial charge in [-0.3, -0.25) is 9.59 Å². The van der Waals surface area contributed by atoms with E-state index in [1.165, 1.54) is 24.0 Å². The third-order valence-corrected chi connectivity index (χ3v) is 5.50. The Balaban J connectivity index is 1.36. The number of hydrogen-bond acceptors (Lipinski definition) is 2. The highest BCUT2D eigenvalue weighted by molar-refractivity contribution is 5.85. The third-order valence-electron chi connectivity index (χ3n) is 5.50. The van der Waals surface area contributed by atoms with Crippen molar-refractivity contribution in [3.05, 3.63) is 34.9 Å². The van der Waals surface area contributed by atoms with Crippen LogP contribution in [0.25, 0.3) is 0 Å². The lowest BCUT2D eigenvalue weighted by Crippen LogP contribution is -2.65. The molecule has 2 saturated heterocycles. The number of amides is 2. The van der Waals surface area contributed by atoms with Gasteiger partial charge in [-0.2, -0.15) is 0 Å². The van der Waals surface area contributed by atoms with Crippen molar-refractivity contribution in [2.24, 2.45) is 0 Å². The first kappa shape index (κ1) is 13.8. The van der Waals surface area contributed by atoms with Crippen molar-refractivity contribution in [2.45, 2.75) is 50.5 Å². The van der Waals surface area contributed by atoms with Gasteiger partial charge in [0.1, 0.15) is 0 Å². The Morgan fingerprint density at radius 1 is 1.18 bits per heavy atom. The van der Waals surface area contributed by atoms with Crippen LogP contribution in [0.3, 0.4) is 0 Å². The Morgan fingerprint density at radius 3 is 2.64 bits per heavy atom. The van der Waals surface area contributed by atoms with Crippen molar-refractivity contribution in [2.75, 3.05) is 13.1 Å². The van der Waals surface area contributed by atoms with Gasteiger partial charge in [0.15, 0.2) is 0 Å². The van der Waals surface area contributed by atoms with E-state index in [1.807, 2.05) is 4.90 Å². The highest BCUT2D eigenvalue weighted by Crippen LogP contribution is 2.32. The maximum Gasteiger partial charge on any atom is 0.226 e. The molecule has 1 aromatic carbocycles. The lowest BCUT2D eigenvalue weighted by molar-refractivity contribution is -0.138. The van der Waals surface area contributed by atoms with Crippen LogP contribution in [0, 0.1) is 0 Å². The number of likely N-dealkylation sites (tertiary alicyclic amines) is 1. The number of fused-ring (bicyclic) bond motifs is 1. The van der Waals surface area contributed by atoms with Crippen molar-refractivity contribution in [3.63, 3.8) is 0 Å². The van der Waals surface area contributed by atoms with Gasteiger partial charge >= 0.3 is 0 Å². The number of nitrogens with zero attached hydrogens (tertiary/aromatic N) is 1. The van der Waals surface area contributed by atoms with Crippen molar-refractivity contribution in [1.82, 2.24) is 10.2 Å². The Morgan fingerprint density at radius 2 is 1.91 bits per heavy atom. The molecule has 4 nitrogen and oxygen atoms in total. The Labute approximate surface area is 130 Å². The van der Waals surface area contributed by atoms with Crippen LogP contribution in [0.15, 0.2) is 18.2 Å². The summed E-state index contributed by atoms with van der Waals surface area (Å²) in [5.41, 5.74) is 4.03. The monoisotopic (exact) mass is 298 g/mol. The molecular weight excluding hydrogens is 276 g/mol. The summed E-state index contributed by atoms with van der Waals surface area (Å²) in [6.07, 6.45) is 6.52. The second kappa shape index (κ2) is 5.11. The van der Waals surface area contributed by atoms with E-state index in [4.69, 9.17) is 0 Å². The van der Waals surface area contributed by atoms with E-state index in [1.54, 1.807) is 0 Å². The average molecular weight is 298 g/mol. The zero-order chi connectivity index (χ0) is 15.2. The quantitative estimate of drug-likeness (QED) is 0.843. The molecule has 4 heteroatoms. The van der Waals surface area contributed by atoms with Gasteiger partial charge in [-0.1, -0.05) is 18.2 Å². The number of benzene rings is 1. The first-order valence-corrected chi connectivity index (χ1v) is 8.33. The predicted molar refractivity (Wildman–Crippen MR) is 83.5 cm³/mol. The number of carbonyl (C=O) groups excluding carboxylic acids is 2. The fourth-order valence-corrected chi connectivity index (χ4v) is 4.09. The van der Waals surface area contributed by atoms with Crippen molar-refractivity contribution < 1.29 is 9.59 Å². The molecule has 0 saturated carbocycles. The largest absolute Gasteiger partial charge is 0.350 e. The smallest absolute Gasteiger partial charge is 0.226 e. The number of β-lactam (4-membered cyclic amide) rings is 1. The van der Waals surface area contributed by atoms with Crippen molar-refractivity contribution in [1.29, 1.82) is 0 Å². The van der Waals surface area contributed by atoms with E-state index < -0.39 is 0 Å². The molecule has 3 aliphatic rings. The molecule has 116 valence electrons. The van der Waals surface area contributed by atoms with Gasteiger partial charge in [0, 0.05) is 19.5 Å². The minimum absolute atomic E-state index is 0.00142. The van der Waals surface area contributed by atoms with Gasteiger partial charge in [0.2, 0.25) is 11.8 Å². The highest BCUT2D eigenvalue weighted by atomic mass is 16.2. The fraction of sp³-hybridized carbons (Fsp3) is 0.556. The molecule has 2 fully saturated rings. The zero-order valence-corrected chi connectivity index (χ0v) is 12.9. The van der Waals surface area contributed by atoms with E-state index in [0.717, 1.165) is 37.9 Å². The van der Waals surface area contributed by atoms with Crippen LogP contribution in [-0.4, -0.2) is 35.3 Å². The maximum absolute atomic E-state index is 12.5. The van der Waals surface area contributed by atoms with Crippen molar-refractivity contribution in [3.8, 4) is 0 Å². The molecule has 0 bridgehead atoms. The molecule has 2 aliphatic heterocycles. The number of rotatable bonds is 2. The van der Waals surface area contributed by atoms with Crippen LogP contribution in [0.1, 0.15) is 42.4 Å². The zero-order valence-electron chi connectivity index (χ0n) is 12.9. The van der Waals surface area contributed by atoms with E-state index >= 15 is 0 Å². The summed E-state index contributed by atoms with van der Waals surface area (Å²) in [7, 11) is 0. The summed E-state index contributed by atoms with van der Waals surface area (Å²) in [6, 6.07) is 6.53. The highest BCUT2D eigenvalue weighted by Gasteiger charge is 2.45. The van der Waals surface area contributed by atoms with Crippen LogP contribution in [0.2, 0.25) is 0 Å². The molecule has 2 amide bonds. The molecule has 0 unspecified atom stereocenters. The second-order valence-electron chi connectivity index (χ2n) is 7.02. The summed E-state index contributed by atoms with van der Waals surface area (Å²) in [6.45, 7) is 1.54. The van der Waals surface area contributed by atoms with E-state index in [2.05, 4.69) is 23.5 Å². The molecule has 1 spiro atoms. The Bertz CT molecular complexity index is 620. The molecule has 0 radical (unpaired) electrons. The third kappa shape index (κ3) is 2.40. The summed E-state index contributed by atoms with van der Waals surface area (Å²) in [5, 5.41) is 3.02. The molecule has 0 aromatic heterocycles. The topological polar surface area (TPSA) is 49.4 Å². The van der Waals surface area contributed by atoms with Crippen LogP contribution < -0.4 is 5.32 Å². The van der Waals surface area contributed by atoms with Crippen LogP contribution in [-0.2, 0) is 28.9 Å². The first-order valence-electron chi connectivity index (χ1n) is 8.33. The van der Waals surface area contributed by atoms with Crippen LogP contribution in [0.4, 0.5) is 0 Å². The number of aryl methyl sites for hydroxylation is 2. The lowest BCUT2D eigenvalue weighted by atomic mass is 9.78. The molecule has 1 N–H and O–H groups in total. The van der Waals surface area contributed by atoms with Gasteiger partial charge in [0.25, 0.3) is 0 Å². The van der Waals surface area contributed by atoms with E-state index in [0.29, 0.717) is 12.8 Å². The van der Waals surface area contributed by atoms with Crippen LogP contribution >= 0.6 is 0 Å². The molecule has 0 atom stereocenters. The van der Waals surface area contributed by atoms with Crippen molar-refractivity contribution >= 4 is 11.8 Å². The lowest BCUT2D eigenvalue weighted by Gasteiger charge is -2.47. The van der Waals surface area contributed by atoms with Crippen LogP contribution in [0.5, 0.6) is 0 Å². The van der Waals surface area contributed by atoms with Gasteiger partial charge in [0.05, 0.1) is 12.0 Å². The Kier molecular flexibility index (Phi) is 3.21. The normalized spacial score (nSPS) is 22.2. The number of hydrogen-bond donors (Lipinski definition) is 1. The molecular formula is C18H22N2O2. The van der Waals surface area contributed by atoms with Gasteiger partial charge in [-0.15, -0.1) is 0 Å². The first-order chi connectivity index (χ1) is 10.6. The SMILES string of the molecule is O=C1CC2(CCN(C(=O)Cc3ccc4c(c3)CCC4)CC2)N1. The maximum atomic E-state index is 12.5. The van der Waals surface area contributed by atoms with E-state index in [-0.39, 0.29) is 17.4 Å². The molecule has 1 aromatic rings. The minimum Gasteiger partial charge on any atom is -0.350 e. The summed E-state index contributed by atoms with van der Waals surface area (Å²) < 4.78 is 0. The molecule has 2 heterocycles. The summed E-state index contributed by atoms with van der Waals surface area (Å²) in [5.74, 6) is 0.372. The average Bonchev–Trinajstić information content (AvgIpc) is 2.94. The molecule has 1 aliphatic carbocycles. The molecule has 4 rings (SSSR count). The molecule has 22 heavy (non-hydrogen) atoms.